The van der Waals surface area contributed by atoms with Gasteiger partial charge < -0.3 is 8.97 Å². The summed E-state index contributed by atoms with van der Waals surface area (Å²) in [4.78, 5) is 0. The van der Waals surface area contributed by atoms with Gasteiger partial charge in [0.1, 0.15) is 0 Å². The molecule has 0 bridgehead atoms. The number of rotatable bonds is 4. The lowest BCUT2D eigenvalue weighted by atomic mass is 10.6. The highest BCUT2D eigenvalue weighted by Gasteiger charge is 2.02. The van der Waals surface area contributed by atoms with E-state index in [1.165, 1.54) is 0 Å². The third-order valence-corrected chi connectivity index (χ3v) is 1.94. The SMILES string of the molecule is C[N+](C)(C)CCS.C[N+](C)(C)CCS. The van der Waals surface area contributed by atoms with Crippen LogP contribution in [0, 0.1) is 0 Å². The van der Waals surface area contributed by atoms with Gasteiger partial charge in [-0.05, 0) is 0 Å². The summed E-state index contributed by atoms with van der Waals surface area (Å²) >= 11 is 8.20. The fraction of sp³-hybridized carbons (Fsp3) is 1.00. The predicted molar refractivity (Wildman–Crippen MR) is 73.5 cm³/mol. The molecule has 14 heavy (non-hydrogen) atoms. The van der Waals surface area contributed by atoms with E-state index in [0.29, 0.717) is 0 Å². The van der Waals surface area contributed by atoms with Gasteiger partial charge in [0.15, 0.2) is 0 Å². The molecule has 0 aromatic heterocycles. The van der Waals surface area contributed by atoms with Crippen LogP contribution in [0.2, 0.25) is 0 Å². The number of nitrogens with zero attached hydrogens (tertiary/aromatic N) is 2. The molecule has 0 radical (unpaired) electrons. The quantitative estimate of drug-likeness (QED) is 0.536. The molecule has 0 aliphatic carbocycles. The van der Waals surface area contributed by atoms with Crippen LogP contribution in [0.4, 0.5) is 0 Å². The highest BCUT2D eigenvalue weighted by molar-refractivity contribution is 7.80. The molecule has 0 rings (SSSR count). The van der Waals surface area contributed by atoms with Gasteiger partial charge in [-0.25, -0.2) is 0 Å². The molecule has 0 atom stereocenters. The molecule has 0 N–H and O–H groups in total. The largest absolute Gasteiger partial charge is 0.330 e. The molecular formula is C10H28N2S2+2. The molecular weight excluding hydrogens is 212 g/mol. The molecule has 0 heterocycles. The van der Waals surface area contributed by atoms with E-state index in [9.17, 15) is 0 Å². The van der Waals surface area contributed by atoms with Crippen molar-refractivity contribution in [3.05, 3.63) is 0 Å². The second-order valence-electron chi connectivity index (χ2n) is 5.48. The smallest absolute Gasteiger partial charge is 0.0869 e. The minimum absolute atomic E-state index is 0.976. The van der Waals surface area contributed by atoms with Crippen LogP contribution in [0.1, 0.15) is 0 Å². The van der Waals surface area contributed by atoms with E-state index in [1.807, 2.05) is 0 Å². The fourth-order valence-corrected chi connectivity index (χ4v) is 1.80. The summed E-state index contributed by atoms with van der Waals surface area (Å²) in [5, 5.41) is 0. The molecule has 0 aromatic rings. The molecule has 0 amide bonds. The molecule has 0 fully saturated rings. The van der Waals surface area contributed by atoms with E-state index >= 15 is 0 Å². The molecule has 0 unspecified atom stereocenters. The Bertz CT molecular complexity index is 109. The first-order chi connectivity index (χ1) is 6.12. The summed E-state index contributed by atoms with van der Waals surface area (Å²) < 4.78 is 2.03. The first-order valence-corrected chi connectivity index (χ1v) is 6.21. The second-order valence-corrected chi connectivity index (χ2v) is 6.37. The van der Waals surface area contributed by atoms with Gasteiger partial charge in [-0.2, -0.15) is 25.3 Å². The van der Waals surface area contributed by atoms with Crippen LogP contribution in [0.3, 0.4) is 0 Å². The van der Waals surface area contributed by atoms with Crippen molar-refractivity contribution >= 4 is 25.3 Å². The maximum Gasteiger partial charge on any atom is 0.0869 e. The Kier molecular flexibility index (Phi) is 9.55. The van der Waals surface area contributed by atoms with E-state index in [0.717, 1.165) is 33.6 Å². The first-order valence-electron chi connectivity index (χ1n) is 4.95. The van der Waals surface area contributed by atoms with E-state index in [2.05, 4.69) is 67.5 Å². The number of thiol groups is 2. The Labute approximate surface area is 101 Å². The summed E-state index contributed by atoms with van der Waals surface area (Å²) in [6, 6.07) is 0. The Morgan fingerprint density at radius 2 is 0.857 bits per heavy atom. The molecule has 0 spiro atoms. The van der Waals surface area contributed by atoms with Gasteiger partial charge in [-0.3, -0.25) is 0 Å². The molecule has 88 valence electrons. The van der Waals surface area contributed by atoms with Crippen LogP contribution in [-0.2, 0) is 0 Å². The Balaban J connectivity index is 0. The summed E-state index contributed by atoms with van der Waals surface area (Å²) in [7, 11) is 13.0. The van der Waals surface area contributed by atoms with Crippen molar-refractivity contribution in [3.8, 4) is 0 Å². The molecule has 0 aliphatic heterocycles. The van der Waals surface area contributed by atoms with Gasteiger partial charge in [0.2, 0.25) is 0 Å². The lowest BCUT2D eigenvalue weighted by Gasteiger charge is -2.22. The molecule has 0 saturated heterocycles. The average molecular weight is 240 g/mol. The Morgan fingerprint density at radius 3 is 0.857 bits per heavy atom. The van der Waals surface area contributed by atoms with Crippen LogP contribution in [0.5, 0.6) is 0 Å². The fourth-order valence-electron chi connectivity index (χ4n) is 0.600. The third-order valence-electron chi connectivity index (χ3n) is 1.54. The molecule has 2 nitrogen and oxygen atoms in total. The zero-order valence-corrected chi connectivity index (χ0v) is 12.4. The molecule has 4 heteroatoms. The number of hydrogen-bond acceptors (Lipinski definition) is 2. The normalized spacial score (nSPS) is 12.0. The highest BCUT2D eigenvalue weighted by Crippen LogP contribution is 1.89. The Morgan fingerprint density at radius 1 is 0.643 bits per heavy atom. The van der Waals surface area contributed by atoms with E-state index in [-0.39, 0.29) is 0 Å². The second kappa shape index (κ2) is 7.85. The summed E-state index contributed by atoms with van der Waals surface area (Å²) in [5.41, 5.74) is 0. The number of quaternary nitrogens is 2. The monoisotopic (exact) mass is 240 g/mol. The lowest BCUT2D eigenvalue weighted by molar-refractivity contribution is -0.867. The van der Waals surface area contributed by atoms with Crippen LogP contribution < -0.4 is 0 Å². The highest BCUT2D eigenvalue weighted by atomic mass is 32.1. The van der Waals surface area contributed by atoms with Gasteiger partial charge >= 0.3 is 0 Å². The lowest BCUT2D eigenvalue weighted by Crippen LogP contribution is -2.36. The van der Waals surface area contributed by atoms with E-state index in [1.54, 1.807) is 0 Å². The van der Waals surface area contributed by atoms with Gasteiger partial charge in [-0.15, -0.1) is 0 Å². The minimum atomic E-state index is 0.976. The van der Waals surface area contributed by atoms with Gasteiger partial charge in [0, 0.05) is 11.5 Å². The molecule has 0 aromatic carbocycles. The third kappa shape index (κ3) is 22.9. The van der Waals surface area contributed by atoms with Crippen LogP contribution in [0.25, 0.3) is 0 Å². The summed E-state index contributed by atoms with van der Waals surface area (Å²) in [6.07, 6.45) is 0. The van der Waals surface area contributed by atoms with Crippen LogP contribution in [0.15, 0.2) is 0 Å². The predicted octanol–water partition coefficient (Wildman–Crippen LogP) is 1.24. The van der Waals surface area contributed by atoms with Crippen molar-refractivity contribution in [2.45, 2.75) is 0 Å². The molecule has 0 saturated carbocycles. The van der Waals surface area contributed by atoms with E-state index in [4.69, 9.17) is 0 Å². The summed E-state index contributed by atoms with van der Waals surface area (Å²) in [5.74, 6) is 1.95. The van der Waals surface area contributed by atoms with Gasteiger partial charge in [0.25, 0.3) is 0 Å². The van der Waals surface area contributed by atoms with Crippen molar-refractivity contribution in [3.63, 3.8) is 0 Å². The van der Waals surface area contributed by atoms with Crippen molar-refractivity contribution in [2.75, 3.05) is 66.9 Å². The van der Waals surface area contributed by atoms with Crippen LogP contribution >= 0.6 is 25.3 Å². The summed E-state index contributed by atoms with van der Waals surface area (Å²) in [6.45, 7) is 2.28. The maximum absolute atomic E-state index is 4.10. The standard InChI is InChI=1S/2C5H13NS/c2*1-6(2,3)4-5-7/h2*4-5H2,1-3H3/p+2. The van der Waals surface area contributed by atoms with E-state index < -0.39 is 0 Å². The Hall–Kier alpha value is 0.620. The molecule has 0 aliphatic rings. The van der Waals surface area contributed by atoms with Crippen molar-refractivity contribution in [1.82, 2.24) is 0 Å². The van der Waals surface area contributed by atoms with Crippen molar-refractivity contribution < 1.29 is 8.97 Å². The van der Waals surface area contributed by atoms with Crippen molar-refractivity contribution in [2.24, 2.45) is 0 Å². The first kappa shape index (κ1) is 17.0. The van der Waals surface area contributed by atoms with Crippen molar-refractivity contribution in [1.29, 1.82) is 0 Å². The zero-order chi connectivity index (χ0) is 11.8. The minimum Gasteiger partial charge on any atom is -0.330 e. The average Bonchev–Trinajstić information content (AvgIpc) is 1.81. The van der Waals surface area contributed by atoms with Crippen LogP contribution in [-0.4, -0.2) is 75.8 Å². The topological polar surface area (TPSA) is 0 Å². The maximum atomic E-state index is 4.10. The van der Waals surface area contributed by atoms with Gasteiger partial charge in [0.05, 0.1) is 55.4 Å². The number of hydrogen-bond donors (Lipinski definition) is 2. The zero-order valence-electron chi connectivity index (χ0n) is 10.6. The van der Waals surface area contributed by atoms with Gasteiger partial charge in [-0.1, -0.05) is 0 Å².